The first-order chi connectivity index (χ1) is 9.27. The molecule has 0 aliphatic carbocycles. The molecule has 19 heavy (non-hydrogen) atoms. The number of benzene rings is 1. The fraction of sp³-hybridized carbons (Fsp3) is 0.533. The van der Waals surface area contributed by atoms with Crippen molar-refractivity contribution in [1.29, 1.82) is 0 Å². The second-order valence-electron chi connectivity index (χ2n) is 4.19. The highest BCUT2D eigenvalue weighted by atomic mass is 32.2. The Labute approximate surface area is 120 Å². The molecule has 0 saturated heterocycles. The van der Waals surface area contributed by atoms with Gasteiger partial charge in [0.15, 0.2) is 0 Å². The predicted molar refractivity (Wildman–Crippen MR) is 81.3 cm³/mol. The Morgan fingerprint density at radius 3 is 2.68 bits per heavy atom. The van der Waals surface area contributed by atoms with Gasteiger partial charge < -0.3 is 10.1 Å². The SMILES string of the molecule is CCNC(CCSCc1ccccc1)C(=O)OCC. The summed E-state index contributed by atoms with van der Waals surface area (Å²) in [5, 5.41) is 3.18. The molecule has 0 fully saturated rings. The van der Waals surface area contributed by atoms with E-state index in [0.717, 1.165) is 24.5 Å². The van der Waals surface area contributed by atoms with E-state index in [1.54, 1.807) is 0 Å². The van der Waals surface area contributed by atoms with Crippen LogP contribution in [0.15, 0.2) is 30.3 Å². The average Bonchev–Trinajstić information content (AvgIpc) is 2.43. The Balaban J connectivity index is 2.26. The van der Waals surface area contributed by atoms with E-state index >= 15 is 0 Å². The van der Waals surface area contributed by atoms with Crippen molar-refractivity contribution in [2.24, 2.45) is 0 Å². The molecule has 106 valence electrons. The number of hydrogen-bond acceptors (Lipinski definition) is 4. The van der Waals surface area contributed by atoms with Crippen LogP contribution in [0.1, 0.15) is 25.8 Å². The molecule has 1 unspecified atom stereocenters. The lowest BCUT2D eigenvalue weighted by Gasteiger charge is -2.15. The van der Waals surface area contributed by atoms with Crippen LogP contribution in [0.3, 0.4) is 0 Å². The van der Waals surface area contributed by atoms with Crippen molar-refractivity contribution in [2.45, 2.75) is 32.1 Å². The molecule has 0 heterocycles. The highest BCUT2D eigenvalue weighted by Crippen LogP contribution is 2.13. The van der Waals surface area contributed by atoms with Gasteiger partial charge in [-0.3, -0.25) is 4.79 Å². The van der Waals surface area contributed by atoms with Gasteiger partial charge in [-0.25, -0.2) is 0 Å². The van der Waals surface area contributed by atoms with Crippen molar-refractivity contribution in [3.63, 3.8) is 0 Å². The van der Waals surface area contributed by atoms with Crippen LogP contribution >= 0.6 is 11.8 Å². The van der Waals surface area contributed by atoms with Gasteiger partial charge in [0.05, 0.1) is 6.61 Å². The van der Waals surface area contributed by atoms with Gasteiger partial charge >= 0.3 is 5.97 Å². The minimum absolute atomic E-state index is 0.135. The summed E-state index contributed by atoms with van der Waals surface area (Å²) in [5.74, 6) is 1.80. The molecule has 0 saturated carbocycles. The van der Waals surface area contributed by atoms with E-state index in [-0.39, 0.29) is 12.0 Å². The van der Waals surface area contributed by atoms with Crippen LogP contribution in [0.4, 0.5) is 0 Å². The maximum atomic E-state index is 11.7. The van der Waals surface area contributed by atoms with Crippen LogP contribution in [-0.2, 0) is 15.3 Å². The fourth-order valence-corrected chi connectivity index (χ4v) is 2.73. The van der Waals surface area contributed by atoms with Gasteiger partial charge in [-0.2, -0.15) is 11.8 Å². The van der Waals surface area contributed by atoms with E-state index < -0.39 is 0 Å². The molecule has 0 bridgehead atoms. The Kier molecular flexibility index (Phi) is 8.34. The van der Waals surface area contributed by atoms with Crippen LogP contribution in [0.5, 0.6) is 0 Å². The Morgan fingerprint density at radius 1 is 1.32 bits per heavy atom. The second kappa shape index (κ2) is 9.87. The van der Waals surface area contributed by atoms with Gasteiger partial charge in [0.1, 0.15) is 6.04 Å². The second-order valence-corrected chi connectivity index (χ2v) is 5.29. The number of esters is 1. The first-order valence-electron chi connectivity index (χ1n) is 6.79. The number of rotatable bonds is 9. The highest BCUT2D eigenvalue weighted by Gasteiger charge is 2.17. The molecule has 0 radical (unpaired) electrons. The number of hydrogen-bond donors (Lipinski definition) is 1. The smallest absolute Gasteiger partial charge is 0.323 e. The summed E-state index contributed by atoms with van der Waals surface area (Å²) < 4.78 is 5.06. The summed E-state index contributed by atoms with van der Waals surface area (Å²) in [6.07, 6.45) is 0.810. The molecule has 1 N–H and O–H groups in total. The molecule has 4 heteroatoms. The van der Waals surface area contributed by atoms with Crippen molar-refractivity contribution in [3.05, 3.63) is 35.9 Å². The zero-order valence-electron chi connectivity index (χ0n) is 11.7. The van der Waals surface area contributed by atoms with E-state index in [4.69, 9.17) is 4.74 Å². The summed E-state index contributed by atoms with van der Waals surface area (Å²) >= 11 is 1.85. The largest absolute Gasteiger partial charge is 0.465 e. The van der Waals surface area contributed by atoms with Gasteiger partial charge in [0.25, 0.3) is 0 Å². The molecule has 0 aliphatic rings. The predicted octanol–water partition coefficient (Wildman–Crippen LogP) is 2.85. The molecular formula is C15H23NO2S. The molecule has 0 aliphatic heterocycles. The van der Waals surface area contributed by atoms with E-state index in [9.17, 15) is 4.79 Å². The maximum Gasteiger partial charge on any atom is 0.323 e. The van der Waals surface area contributed by atoms with Gasteiger partial charge in [-0.05, 0) is 31.2 Å². The minimum atomic E-state index is -0.173. The number of likely N-dealkylation sites (N-methyl/N-ethyl adjacent to an activating group) is 1. The molecule has 3 nitrogen and oxygen atoms in total. The van der Waals surface area contributed by atoms with Crippen molar-refractivity contribution in [3.8, 4) is 0 Å². The normalized spacial score (nSPS) is 12.1. The number of nitrogens with one attached hydrogen (secondary N) is 1. The van der Waals surface area contributed by atoms with Gasteiger partial charge in [-0.15, -0.1) is 0 Å². The van der Waals surface area contributed by atoms with E-state index in [2.05, 4.69) is 29.6 Å². The van der Waals surface area contributed by atoms with Crippen LogP contribution in [0.2, 0.25) is 0 Å². The van der Waals surface area contributed by atoms with E-state index in [1.165, 1.54) is 5.56 Å². The number of ether oxygens (including phenoxy) is 1. The lowest BCUT2D eigenvalue weighted by molar-refractivity contribution is -0.145. The van der Waals surface area contributed by atoms with Crippen LogP contribution in [0, 0.1) is 0 Å². The third-order valence-corrected chi connectivity index (χ3v) is 3.75. The van der Waals surface area contributed by atoms with Gasteiger partial charge in [0.2, 0.25) is 0 Å². The zero-order chi connectivity index (χ0) is 13.9. The quantitative estimate of drug-likeness (QED) is 0.558. The highest BCUT2D eigenvalue weighted by molar-refractivity contribution is 7.98. The Hall–Kier alpha value is -1.00. The summed E-state index contributed by atoms with van der Waals surface area (Å²) in [6.45, 7) is 5.07. The van der Waals surface area contributed by atoms with Crippen molar-refractivity contribution < 1.29 is 9.53 Å². The van der Waals surface area contributed by atoms with Crippen LogP contribution in [-0.4, -0.2) is 30.9 Å². The van der Waals surface area contributed by atoms with Crippen molar-refractivity contribution in [2.75, 3.05) is 18.9 Å². The molecule has 1 aromatic carbocycles. The van der Waals surface area contributed by atoms with Gasteiger partial charge in [0, 0.05) is 5.75 Å². The molecular weight excluding hydrogens is 258 g/mol. The first kappa shape index (κ1) is 16.1. The van der Waals surface area contributed by atoms with Gasteiger partial charge in [-0.1, -0.05) is 37.3 Å². The summed E-state index contributed by atoms with van der Waals surface area (Å²) in [5.41, 5.74) is 1.32. The first-order valence-corrected chi connectivity index (χ1v) is 7.95. The fourth-order valence-electron chi connectivity index (χ4n) is 1.76. The molecule has 0 amide bonds. The summed E-state index contributed by atoms with van der Waals surface area (Å²) in [7, 11) is 0. The standard InChI is InChI=1S/C15H23NO2S/c1-3-16-14(15(17)18-4-2)10-11-19-12-13-8-6-5-7-9-13/h5-9,14,16H,3-4,10-12H2,1-2H3. The van der Waals surface area contributed by atoms with Crippen molar-refractivity contribution >= 4 is 17.7 Å². The van der Waals surface area contributed by atoms with Crippen molar-refractivity contribution in [1.82, 2.24) is 5.32 Å². The maximum absolute atomic E-state index is 11.7. The van der Waals surface area contributed by atoms with E-state index in [1.807, 2.05) is 31.7 Å². The summed E-state index contributed by atoms with van der Waals surface area (Å²) in [4.78, 5) is 11.7. The lowest BCUT2D eigenvalue weighted by atomic mass is 10.2. The Morgan fingerprint density at radius 2 is 2.05 bits per heavy atom. The molecule has 1 aromatic rings. The lowest BCUT2D eigenvalue weighted by Crippen LogP contribution is -2.38. The summed E-state index contributed by atoms with van der Waals surface area (Å²) in [6, 6.07) is 10.2. The third-order valence-electron chi connectivity index (χ3n) is 2.68. The average molecular weight is 281 g/mol. The molecule has 1 rings (SSSR count). The molecule has 1 atom stereocenters. The number of carbonyl (C=O) groups is 1. The molecule has 0 aromatic heterocycles. The van der Waals surface area contributed by atoms with Crippen LogP contribution < -0.4 is 5.32 Å². The zero-order valence-corrected chi connectivity index (χ0v) is 12.5. The third kappa shape index (κ3) is 6.64. The molecule has 0 spiro atoms. The Bertz CT molecular complexity index is 356. The number of carbonyl (C=O) groups excluding carboxylic acids is 1. The minimum Gasteiger partial charge on any atom is -0.465 e. The monoisotopic (exact) mass is 281 g/mol. The van der Waals surface area contributed by atoms with Crippen LogP contribution in [0.25, 0.3) is 0 Å². The van der Waals surface area contributed by atoms with E-state index in [0.29, 0.717) is 6.61 Å². The number of thioether (sulfide) groups is 1. The topological polar surface area (TPSA) is 38.3 Å².